The highest BCUT2D eigenvalue weighted by Gasteiger charge is 2.15. The van der Waals surface area contributed by atoms with Gasteiger partial charge in [0.05, 0.1) is 0 Å². The van der Waals surface area contributed by atoms with Gasteiger partial charge in [-0.25, -0.2) is 0 Å². The number of fused-ring (bicyclic) bond motifs is 1. The highest BCUT2D eigenvalue weighted by molar-refractivity contribution is 9.10. The summed E-state index contributed by atoms with van der Waals surface area (Å²) in [5.74, 6) is 0.928. The zero-order chi connectivity index (χ0) is 13.8. The van der Waals surface area contributed by atoms with E-state index >= 15 is 0 Å². The quantitative estimate of drug-likeness (QED) is 0.796. The zero-order valence-electron chi connectivity index (χ0n) is 11.8. The predicted molar refractivity (Wildman–Crippen MR) is 85.1 cm³/mol. The normalized spacial score (nSPS) is 14.1. The van der Waals surface area contributed by atoms with E-state index in [-0.39, 0.29) is 12.4 Å². The van der Waals surface area contributed by atoms with Crippen molar-refractivity contribution in [3.8, 4) is 5.75 Å². The van der Waals surface area contributed by atoms with E-state index < -0.39 is 0 Å². The van der Waals surface area contributed by atoms with Gasteiger partial charge in [-0.1, -0.05) is 46.3 Å². The van der Waals surface area contributed by atoms with Crippen molar-refractivity contribution in [1.82, 2.24) is 4.90 Å². The first-order valence-corrected chi connectivity index (χ1v) is 7.78. The third-order valence-electron chi connectivity index (χ3n) is 3.68. The first-order chi connectivity index (χ1) is 9.81. The molecule has 0 saturated heterocycles. The molecule has 0 amide bonds. The van der Waals surface area contributed by atoms with Crippen LogP contribution in [0.1, 0.15) is 11.1 Å². The zero-order valence-corrected chi connectivity index (χ0v) is 14.1. The fourth-order valence-corrected chi connectivity index (χ4v) is 2.97. The highest BCUT2D eigenvalue weighted by atomic mass is 79.9. The van der Waals surface area contributed by atoms with Crippen LogP contribution in [-0.2, 0) is 13.0 Å². The molecule has 0 atom stereocenters. The van der Waals surface area contributed by atoms with Crippen LogP contribution in [0.3, 0.4) is 0 Å². The molecule has 0 unspecified atom stereocenters. The van der Waals surface area contributed by atoms with Crippen molar-refractivity contribution in [2.75, 3.05) is 19.7 Å². The number of hydrogen-bond donors (Lipinski definition) is 0. The number of nitrogens with zero attached hydrogens (tertiary/aromatic N) is 1. The minimum atomic E-state index is 0. The molecule has 1 heterocycles. The summed E-state index contributed by atoms with van der Waals surface area (Å²) in [6.45, 7) is 3.87. The summed E-state index contributed by atoms with van der Waals surface area (Å²) < 4.78 is 6.86. The van der Waals surface area contributed by atoms with E-state index in [1.165, 1.54) is 11.1 Å². The van der Waals surface area contributed by atoms with Gasteiger partial charge in [-0.2, -0.15) is 0 Å². The van der Waals surface area contributed by atoms with E-state index in [4.69, 9.17) is 4.74 Å². The van der Waals surface area contributed by atoms with E-state index in [0.29, 0.717) is 0 Å². The standard InChI is InChI=1S/C17H18BrNO.ClH/c18-16-6-3-7-17(12-16)20-11-10-19-9-8-14-4-1-2-5-15(14)13-19;/h1-7,12H,8-11,13H2;1H/p-1. The van der Waals surface area contributed by atoms with Gasteiger partial charge in [0, 0.05) is 24.1 Å². The van der Waals surface area contributed by atoms with Gasteiger partial charge in [-0.15, -0.1) is 0 Å². The van der Waals surface area contributed by atoms with Gasteiger partial charge >= 0.3 is 0 Å². The van der Waals surface area contributed by atoms with Crippen molar-refractivity contribution < 1.29 is 17.1 Å². The summed E-state index contributed by atoms with van der Waals surface area (Å²) in [7, 11) is 0. The van der Waals surface area contributed by atoms with Crippen molar-refractivity contribution in [1.29, 1.82) is 0 Å². The molecule has 0 aliphatic carbocycles. The Hall–Kier alpha value is -1.03. The average Bonchev–Trinajstić information content (AvgIpc) is 2.47. The molecule has 2 aromatic carbocycles. The molecule has 0 spiro atoms. The maximum atomic E-state index is 5.81. The second kappa shape index (κ2) is 7.83. The van der Waals surface area contributed by atoms with Crippen LogP contribution >= 0.6 is 15.9 Å². The van der Waals surface area contributed by atoms with Crippen LogP contribution in [0.5, 0.6) is 5.75 Å². The van der Waals surface area contributed by atoms with Crippen molar-refractivity contribution >= 4 is 15.9 Å². The maximum absolute atomic E-state index is 5.81. The first kappa shape index (κ1) is 16.3. The van der Waals surface area contributed by atoms with E-state index in [1.807, 2.05) is 24.3 Å². The van der Waals surface area contributed by atoms with Gasteiger partial charge in [0.15, 0.2) is 0 Å². The van der Waals surface area contributed by atoms with Crippen molar-refractivity contribution in [2.45, 2.75) is 13.0 Å². The Balaban J connectivity index is 0.00000161. The molecule has 0 radical (unpaired) electrons. The predicted octanol–water partition coefficient (Wildman–Crippen LogP) is 0.890. The molecule has 4 heteroatoms. The summed E-state index contributed by atoms with van der Waals surface area (Å²) in [6.07, 6.45) is 1.15. The molecule has 0 aromatic heterocycles. The fourth-order valence-electron chi connectivity index (χ4n) is 2.59. The molecule has 0 N–H and O–H groups in total. The highest BCUT2D eigenvalue weighted by Crippen LogP contribution is 2.19. The molecule has 0 fully saturated rings. The number of ether oxygens (including phenoxy) is 1. The van der Waals surface area contributed by atoms with Crippen LogP contribution in [-0.4, -0.2) is 24.6 Å². The molecule has 2 aromatic rings. The summed E-state index contributed by atoms with van der Waals surface area (Å²) >= 11 is 3.46. The number of hydrogen-bond acceptors (Lipinski definition) is 2. The van der Waals surface area contributed by atoms with Crippen LogP contribution < -0.4 is 17.1 Å². The maximum Gasteiger partial charge on any atom is 0.120 e. The Bertz CT molecular complexity index is 591. The van der Waals surface area contributed by atoms with Crippen LogP contribution in [0, 0.1) is 0 Å². The average molecular weight is 368 g/mol. The SMILES string of the molecule is Brc1cccc(OCCN2CCc3ccccc3C2)c1.[Cl-]. The Morgan fingerprint density at radius 2 is 1.86 bits per heavy atom. The van der Waals surface area contributed by atoms with Gasteiger partial charge in [-0.3, -0.25) is 4.90 Å². The lowest BCUT2D eigenvalue weighted by molar-refractivity contribution is -0.00000442. The Labute approximate surface area is 140 Å². The molecule has 0 saturated carbocycles. The van der Waals surface area contributed by atoms with Crippen LogP contribution in [0.25, 0.3) is 0 Å². The van der Waals surface area contributed by atoms with Crippen LogP contribution in [0.2, 0.25) is 0 Å². The van der Waals surface area contributed by atoms with E-state index in [0.717, 1.165) is 42.9 Å². The molecule has 1 aliphatic rings. The monoisotopic (exact) mass is 366 g/mol. The molecular weight excluding hydrogens is 350 g/mol. The lowest BCUT2D eigenvalue weighted by Gasteiger charge is -2.28. The summed E-state index contributed by atoms with van der Waals surface area (Å²) in [4.78, 5) is 2.46. The van der Waals surface area contributed by atoms with Crippen LogP contribution in [0.15, 0.2) is 53.0 Å². The minimum absolute atomic E-state index is 0. The number of halogens is 2. The largest absolute Gasteiger partial charge is 1.00 e. The second-order valence-electron chi connectivity index (χ2n) is 5.10. The lowest BCUT2D eigenvalue weighted by Crippen LogP contribution is -3.00. The lowest BCUT2D eigenvalue weighted by atomic mass is 10.0. The van der Waals surface area contributed by atoms with E-state index in [1.54, 1.807) is 0 Å². The molecular formula is C17H18BrClNO-. The fraction of sp³-hybridized carbons (Fsp3) is 0.294. The summed E-state index contributed by atoms with van der Waals surface area (Å²) in [5, 5.41) is 0. The first-order valence-electron chi connectivity index (χ1n) is 6.99. The van der Waals surface area contributed by atoms with Crippen molar-refractivity contribution in [2.24, 2.45) is 0 Å². The van der Waals surface area contributed by atoms with Gasteiger partial charge in [-0.05, 0) is 35.7 Å². The van der Waals surface area contributed by atoms with Crippen molar-refractivity contribution in [3.05, 3.63) is 64.1 Å². The molecule has 3 rings (SSSR count). The smallest absolute Gasteiger partial charge is 0.120 e. The second-order valence-corrected chi connectivity index (χ2v) is 6.02. The van der Waals surface area contributed by atoms with E-state index in [9.17, 15) is 0 Å². The van der Waals surface area contributed by atoms with E-state index in [2.05, 4.69) is 45.1 Å². The summed E-state index contributed by atoms with van der Waals surface area (Å²) in [5.41, 5.74) is 2.96. The number of rotatable bonds is 4. The topological polar surface area (TPSA) is 12.5 Å². The molecule has 1 aliphatic heterocycles. The summed E-state index contributed by atoms with van der Waals surface area (Å²) in [6, 6.07) is 16.7. The molecule has 0 bridgehead atoms. The third kappa shape index (κ3) is 4.47. The van der Waals surface area contributed by atoms with Gasteiger partial charge in [0.1, 0.15) is 12.4 Å². The Morgan fingerprint density at radius 3 is 2.67 bits per heavy atom. The van der Waals surface area contributed by atoms with Gasteiger partial charge in [0.25, 0.3) is 0 Å². The molecule has 21 heavy (non-hydrogen) atoms. The third-order valence-corrected chi connectivity index (χ3v) is 4.18. The molecule has 2 nitrogen and oxygen atoms in total. The Kier molecular flexibility index (Phi) is 6.09. The van der Waals surface area contributed by atoms with Gasteiger partial charge < -0.3 is 17.1 Å². The molecule has 112 valence electrons. The van der Waals surface area contributed by atoms with Crippen LogP contribution in [0.4, 0.5) is 0 Å². The Morgan fingerprint density at radius 1 is 1.05 bits per heavy atom. The van der Waals surface area contributed by atoms with Crippen molar-refractivity contribution in [3.63, 3.8) is 0 Å². The van der Waals surface area contributed by atoms with Gasteiger partial charge in [0.2, 0.25) is 0 Å². The number of benzene rings is 2. The minimum Gasteiger partial charge on any atom is -1.00 e.